The number of carbonyl (C=O) groups excluding carboxylic acids is 4. The Balaban J connectivity index is 1.49. The fourth-order valence-electron chi connectivity index (χ4n) is 3.82. The lowest BCUT2D eigenvalue weighted by Gasteiger charge is -2.28. The van der Waals surface area contributed by atoms with Crippen molar-refractivity contribution in [3.63, 3.8) is 0 Å². The summed E-state index contributed by atoms with van der Waals surface area (Å²) < 4.78 is 0. The van der Waals surface area contributed by atoms with Gasteiger partial charge in [0, 0.05) is 49.8 Å². The van der Waals surface area contributed by atoms with Gasteiger partial charge in [-0.15, -0.1) is 11.8 Å². The molecule has 1 atom stereocenters. The first-order valence-corrected chi connectivity index (χ1v) is 10.5. The van der Waals surface area contributed by atoms with Crippen molar-refractivity contribution >= 4 is 35.4 Å². The Morgan fingerprint density at radius 3 is 2.61 bits per heavy atom. The zero-order valence-electron chi connectivity index (χ0n) is 15.4. The SMILES string of the molecule is O=C1CCC(N2C(=O)c3cccc(SCCN4CCNCC4)c3C2=O)C(=O)N1. The van der Waals surface area contributed by atoms with Gasteiger partial charge >= 0.3 is 0 Å². The van der Waals surface area contributed by atoms with Crippen LogP contribution in [0.1, 0.15) is 33.6 Å². The van der Waals surface area contributed by atoms with Crippen LogP contribution in [-0.4, -0.2) is 77.9 Å². The van der Waals surface area contributed by atoms with Crippen molar-refractivity contribution in [3.05, 3.63) is 29.3 Å². The number of hydrogen-bond donors (Lipinski definition) is 2. The van der Waals surface area contributed by atoms with Crippen LogP contribution in [0.25, 0.3) is 0 Å². The lowest BCUT2D eigenvalue weighted by atomic mass is 10.0. The number of nitrogens with one attached hydrogen (secondary N) is 2. The summed E-state index contributed by atoms with van der Waals surface area (Å²) in [5.41, 5.74) is 0.712. The number of carbonyl (C=O) groups is 4. The first-order chi connectivity index (χ1) is 13.6. The van der Waals surface area contributed by atoms with E-state index in [1.165, 1.54) is 0 Å². The minimum absolute atomic E-state index is 0.121. The minimum atomic E-state index is -0.927. The molecule has 148 valence electrons. The van der Waals surface area contributed by atoms with Crippen molar-refractivity contribution < 1.29 is 19.2 Å². The summed E-state index contributed by atoms with van der Waals surface area (Å²) in [5.74, 6) is -1.05. The Labute approximate surface area is 167 Å². The first-order valence-electron chi connectivity index (χ1n) is 9.46. The van der Waals surface area contributed by atoms with Gasteiger partial charge < -0.3 is 5.32 Å². The monoisotopic (exact) mass is 402 g/mol. The van der Waals surface area contributed by atoms with E-state index < -0.39 is 23.8 Å². The van der Waals surface area contributed by atoms with Gasteiger partial charge in [0.05, 0.1) is 11.1 Å². The number of benzene rings is 1. The molecular weight excluding hydrogens is 380 g/mol. The largest absolute Gasteiger partial charge is 0.314 e. The van der Waals surface area contributed by atoms with Crippen molar-refractivity contribution in [1.29, 1.82) is 0 Å². The lowest BCUT2D eigenvalue weighted by Crippen LogP contribution is -2.54. The molecule has 2 fully saturated rings. The van der Waals surface area contributed by atoms with Crippen LogP contribution in [0.2, 0.25) is 0 Å². The molecule has 3 aliphatic rings. The molecule has 0 bridgehead atoms. The number of piperazine rings is 1. The highest BCUT2D eigenvalue weighted by molar-refractivity contribution is 7.99. The van der Waals surface area contributed by atoms with Crippen LogP contribution in [-0.2, 0) is 9.59 Å². The minimum Gasteiger partial charge on any atom is -0.314 e. The number of fused-ring (bicyclic) bond motifs is 1. The first kappa shape index (κ1) is 19.1. The third-order valence-corrected chi connectivity index (χ3v) is 6.34. The van der Waals surface area contributed by atoms with Gasteiger partial charge in [-0.1, -0.05) is 6.07 Å². The number of amides is 4. The van der Waals surface area contributed by atoms with E-state index in [1.807, 2.05) is 6.07 Å². The van der Waals surface area contributed by atoms with E-state index >= 15 is 0 Å². The molecule has 1 unspecified atom stereocenters. The van der Waals surface area contributed by atoms with Crippen molar-refractivity contribution in [2.24, 2.45) is 0 Å². The summed E-state index contributed by atoms with van der Waals surface area (Å²) in [6.45, 7) is 4.90. The smallest absolute Gasteiger partial charge is 0.263 e. The van der Waals surface area contributed by atoms with Crippen LogP contribution in [0.4, 0.5) is 0 Å². The van der Waals surface area contributed by atoms with E-state index in [0.29, 0.717) is 11.1 Å². The second kappa shape index (κ2) is 8.02. The highest BCUT2D eigenvalue weighted by atomic mass is 32.2. The third kappa shape index (κ3) is 3.57. The quantitative estimate of drug-likeness (QED) is 0.532. The Hall–Kier alpha value is -2.23. The number of imide groups is 2. The molecule has 2 saturated heterocycles. The number of piperidine rings is 1. The average molecular weight is 402 g/mol. The molecule has 1 aromatic carbocycles. The molecule has 3 heterocycles. The summed E-state index contributed by atoms with van der Waals surface area (Å²) in [4.78, 5) is 53.6. The second-order valence-corrected chi connectivity index (χ2v) is 8.20. The summed E-state index contributed by atoms with van der Waals surface area (Å²) in [6.07, 6.45) is 0.289. The lowest BCUT2D eigenvalue weighted by molar-refractivity contribution is -0.136. The van der Waals surface area contributed by atoms with E-state index in [-0.39, 0.29) is 18.7 Å². The topological polar surface area (TPSA) is 98.8 Å². The van der Waals surface area contributed by atoms with E-state index in [2.05, 4.69) is 15.5 Å². The van der Waals surface area contributed by atoms with E-state index in [4.69, 9.17) is 0 Å². The Kier molecular flexibility index (Phi) is 5.47. The summed E-state index contributed by atoms with van der Waals surface area (Å²) in [5, 5.41) is 5.54. The number of hydrogen-bond acceptors (Lipinski definition) is 7. The number of rotatable bonds is 5. The molecule has 9 heteroatoms. The van der Waals surface area contributed by atoms with Crippen molar-refractivity contribution in [1.82, 2.24) is 20.4 Å². The van der Waals surface area contributed by atoms with E-state index in [1.54, 1.807) is 23.9 Å². The summed E-state index contributed by atoms with van der Waals surface area (Å²) in [6, 6.07) is 4.32. The van der Waals surface area contributed by atoms with Gasteiger partial charge in [-0.2, -0.15) is 0 Å². The van der Waals surface area contributed by atoms with Crippen molar-refractivity contribution in [2.45, 2.75) is 23.8 Å². The molecule has 28 heavy (non-hydrogen) atoms. The van der Waals surface area contributed by atoms with Crippen LogP contribution in [0.15, 0.2) is 23.1 Å². The van der Waals surface area contributed by atoms with Crippen LogP contribution in [0.5, 0.6) is 0 Å². The predicted molar refractivity (Wildman–Crippen MR) is 103 cm³/mol. The molecule has 4 rings (SSSR count). The Morgan fingerprint density at radius 1 is 1.07 bits per heavy atom. The van der Waals surface area contributed by atoms with Crippen LogP contribution in [0.3, 0.4) is 0 Å². The Morgan fingerprint density at radius 2 is 1.86 bits per heavy atom. The molecule has 2 N–H and O–H groups in total. The van der Waals surface area contributed by atoms with Gasteiger partial charge in [-0.25, -0.2) is 0 Å². The van der Waals surface area contributed by atoms with Crippen LogP contribution < -0.4 is 10.6 Å². The summed E-state index contributed by atoms with van der Waals surface area (Å²) in [7, 11) is 0. The molecule has 3 aliphatic heterocycles. The van der Waals surface area contributed by atoms with E-state index in [9.17, 15) is 19.2 Å². The Bertz CT molecular complexity index is 837. The zero-order valence-corrected chi connectivity index (χ0v) is 16.2. The fourth-order valence-corrected chi connectivity index (χ4v) is 4.91. The molecule has 0 saturated carbocycles. The predicted octanol–water partition coefficient (Wildman–Crippen LogP) is 0.0851. The van der Waals surface area contributed by atoms with Crippen molar-refractivity contribution in [2.75, 3.05) is 38.5 Å². The van der Waals surface area contributed by atoms with Gasteiger partial charge in [0.1, 0.15) is 6.04 Å². The molecule has 0 aromatic heterocycles. The fraction of sp³-hybridized carbons (Fsp3) is 0.474. The van der Waals surface area contributed by atoms with Gasteiger partial charge in [0.2, 0.25) is 11.8 Å². The van der Waals surface area contributed by atoms with Crippen molar-refractivity contribution in [3.8, 4) is 0 Å². The molecular formula is C19H22N4O4S. The van der Waals surface area contributed by atoms with Gasteiger partial charge in [-0.05, 0) is 18.6 Å². The maximum atomic E-state index is 13.0. The highest BCUT2D eigenvalue weighted by Gasteiger charge is 2.45. The van der Waals surface area contributed by atoms with E-state index in [0.717, 1.165) is 48.3 Å². The highest BCUT2D eigenvalue weighted by Crippen LogP contribution is 2.34. The van der Waals surface area contributed by atoms with Gasteiger partial charge in [0.15, 0.2) is 0 Å². The third-order valence-electron chi connectivity index (χ3n) is 5.30. The zero-order chi connectivity index (χ0) is 19.7. The normalized spacial score (nSPS) is 23.1. The summed E-state index contributed by atoms with van der Waals surface area (Å²) >= 11 is 1.56. The standard InChI is InChI=1S/C19H22N4O4S/c24-15-5-4-13(17(25)21-15)23-18(26)12-2-1-3-14(16(12)19(23)27)28-11-10-22-8-6-20-7-9-22/h1-3,13,20H,4-11H2,(H,21,24,25). The molecule has 0 aliphatic carbocycles. The van der Waals surface area contributed by atoms with Crippen LogP contribution >= 0.6 is 11.8 Å². The molecule has 4 amide bonds. The molecule has 0 radical (unpaired) electrons. The van der Waals surface area contributed by atoms with Gasteiger partial charge in [-0.3, -0.25) is 34.3 Å². The number of nitrogens with zero attached hydrogens (tertiary/aromatic N) is 2. The second-order valence-electron chi connectivity index (χ2n) is 7.07. The molecule has 1 aromatic rings. The maximum Gasteiger partial charge on any atom is 0.263 e. The number of thioether (sulfide) groups is 1. The average Bonchev–Trinajstić information content (AvgIpc) is 2.94. The van der Waals surface area contributed by atoms with Gasteiger partial charge in [0.25, 0.3) is 11.8 Å². The molecule has 8 nitrogen and oxygen atoms in total. The maximum absolute atomic E-state index is 13.0. The molecule has 0 spiro atoms. The van der Waals surface area contributed by atoms with Crippen LogP contribution in [0, 0.1) is 0 Å².